The van der Waals surface area contributed by atoms with Crippen LogP contribution in [0.5, 0.6) is 0 Å². The summed E-state index contributed by atoms with van der Waals surface area (Å²) in [5, 5.41) is 14.2. The van der Waals surface area contributed by atoms with Crippen LogP contribution in [0.2, 0.25) is 0 Å². The van der Waals surface area contributed by atoms with Gasteiger partial charge in [-0.1, -0.05) is 12.1 Å². The molecule has 8 nitrogen and oxygen atoms in total. The van der Waals surface area contributed by atoms with Gasteiger partial charge in [0.25, 0.3) is 5.91 Å². The molecule has 1 fully saturated rings. The van der Waals surface area contributed by atoms with Crippen LogP contribution in [0.15, 0.2) is 36.4 Å². The van der Waals surface area contributed by atoms with E-state index in [9.17, 15) is 4.79 Å². The zero-order valence-corrected chi connectivity index (χ0v) is 15.5. The number of carbonyl (C=O) groups excluding carboxylic acids is 1. The lowest BCUT2D eigenvalue weighted by Crippen LogP contribution is -2.36. The van der Waals surface area contributed by atoms with E-state index in [1.165, 1.54) is 0 Å². The molecule has 1 aromatic heterocycles. The lowest BCUT2D eigenvalue weighted by atomic mass is 10.2. The summed E-state index contributed by atoms with van der Waals surface area (Å²) >= 11 is 0. The molecule has 27 heavy (non-hydrogen) atoms. The monoisotopic (exact) mass is 371 g/mol. The van der Waals surface area contributed by atoms with Crippen molar-refractivity contribution in [2.45, 2.75) is 6.42 Å². The van der Waals surface area contributed by atoms with Crippen molar-refractivity contribution in [1.82, 2.24) is 15.5 Å². The third-order valence-electron chi connectivity index (χ3n) is 4.23. The second-order valence-corrected chi connectivity index (χ2v) is 6.15. The summed E-state index contributed by atoms with van der Waals surface area (Å²) < 4.78 is 10.4. The van der Waals surface area contributed by atoms with Crippen LogP contribution in [0.25, 0.3) is 0 Å². The van der Waals surface area contributed by atoms with Crippen molar-refractivity contribution in [1.29, 1.82) is 0 Å². The zero-order chi connectivity index (χ0) is 18.9. The summed E-state index contributed by atoms with van der Waals surface area (Å²) in [6.07, 6.45) is 0.758. The molecule has 0 aliphatic carbocycles. The minimum atomic E-state index is -0.237. The summed E-state index contributed by atoms with van der Waals surface area (Å²) in [7, 11) is 1.64. The molecule has 2 aromatic rings. The smallest absolute Gasteiger partial charge is 0.271 e. The van der Waals surface area contributed by atoms with Gasteiger partial charge in [0.05, 0.1) is 24.6 Å². The molecule has 0 radical (unpaired) electrons. The molecule has 144 valence electrons. The molecule has 8 heteroatoms. The standard InChI is InChI=1S/C19H25N5O3/c1-26-12-4-9-20-19(25)16-7-8-18(23-22-16)21-15-5-2-3-6-17(15)24-10-13-27-14-11-24/h2-3,5-8H,4,9-14H2,1H3,(H,20,25)(H,21,23). The first-order valence-electron chi connectivity index (χ1n) is 9.07. The number of carbonyl (C=O) groups is 1. The Labute approximate surface area is 158 Å². The first-order chi connectivity index (χ1) is 13.3. The van der Waals surface area contributed by atoms with E-state index in [-0.39, 0.29) is 5.91 Å². The molecule has 0 spiro atoms. The van der Waals surface area contributed by atoms with Gasteiger partial charge in [0.2, 0.25) is 0 Å². The van der Waals surface area contributed by atoms with E-state index in [1.807, 2.05) is 18.2 Å². The maximum absolute atomic E-state index is 12.0. The molecule has 1 saturated heterocycles. The Morgan fingerprint density at radius 2 is 2.00 bits per heavy atom. The van der Waals surface area contributed by atoms with E-state index in [0.717, 1.165) is 44.1 Å². The molecular formula is C19H25N5O3. The van der Waals surface area contributed by atoms with Gasteiger partial charge in [0.15, 0.2) is 11.5 Å². The number of morpholine rings is 1. The predicted molar refractivity (Wildman–Crippen MR) is 104 cm³/mol. The zero-order valence-electron chi connectivity index (χ0n) is 15.5. The number of nitrogens with zero attached hydrogens (tertiary/aromatic N) is 3. The Morgan fingerprint density at radius 3 is 2.74 bits per heavy atom. The number of nitrogens with one attached hydrogen (secondary N) is 2. The number of amides is 1. The second kappa shape index (κ2) is 9.84. The van der Waals surface area contributed by atoms with Gasteiger partial charge in [-0.15, -0.1) is 10.2 Å². The fourth-order valence-corrected chi connectivity index (χ4v) is 2.83. The molecule has 3 rings (SSSR count). The van der Waals surface area contributed by atoms with Gasteiger partial charge >= 0.3 is 0 Å². The van der Waals surface area contributed by atoms with Crippen LogP contribution in [0.4, 0.5) is 17.2 Å². The largest absolute Gasteiger partial charge is 0.385 e. The van der Waals surface area contributed by atoms with Crippen LogP contribution < -0.4 is 15.5 Å². The number of rotatable bonds is 8. The highest BCUT2D eigenvalue weighted by atomic mass is 16.5. The lowest BCUT2D eigenvalue weighted by Gasteiger charge is -2.30. The van der Waals surface area contributed by atoms with Gasteiger partial charge in [-0.25, -0.2) is 0 Å². The van der Waals surface area contributed by atoms with Crippen molar-refractivity contribution >= 4 is 23.1 Å². The minimum Gasteiger partial charge on any atom is -0.385 e. The third-order valence-corrected chi connectivity index (χ3v) is 4.23. The fraction of sp³-hybridized carbons (Fsp3) is 0.421. The van der Waals surface area contributed by atoms with Crippen LogP contribution in [0, 0.1) is 0 Å². The summed E-state index contributed by atoms with van der Waals surface area (Å²) in [6.45, 7) is 4.31. The Bertz CT molecular complexity index is 732. The summed E-state index contributed by atoms with van der Waals surface area (Å²) in [6, 6.07) is 11.5. The van der Waals surface area contributed by atoms with Gasteiger partial charge < -0.3 is 25.0 Å². The first-order valence-corrected chi connectivity index (χ1v) is 9.07. The highest BCUT2D eigenvalue weighted by molar-refractivity contribution is 5.92. The van der Waals surface area contributed by atoms with Crippen LogP contribution >= 0.6 is 0 Å². The van der Waals surface area contributed by atoms with Gasteiger partial charge in [-0.3, -0.25) is 4.79 Å². The Kier molecular flexibility index (Phi) is 6.95. The minimum absolute atomic E-state index is 0.237. The maximum Gasteiger partial charge on any atom is 0.271 e. The lowest BCUT2D eigenvalue weighted by molar-refractivity contribution is 0.0942. The van der Waals surface area contributed by atoms with Crippen LogP contribution in [0.1, 0.15) is 16.9 Å². The number of hydrogen-bond donors (Lipinski definition) is 2. The fourth-order valence-electron chi connectivity index (χ4n) is 2.83. The number of benzene rings is 1. The highest BCUT2D eigenvalue weighted by Crippen LogP contribution is 2.28. The van der Waals surface area contributed by atoms with Crippen molar-refractivity contribution in [2.75, 3.05) is 56.8 Å². The molecule has 1 aliphatic rings. The van der Waals surface area contributed by atoms with E-state index < -0.39 is 0 Å². The van der Waals surface area contributed by atoms with E-state index >= 15 is 0 Å². The van der Waals surface area contributed by atoms with Crippen molar-refractivity contribution < 1.29 is 14.3 Å². The van der Waals surface area contributed by atoms with Gasteiger partial charge in [-0.05, 0) is 30.7 Å². The number of aromatic nitrogens is 2. The quantitative estimate of drug-likeness (QED) is 0.684. The maximum atomic E-state index is 12.0. The third kappa shape index (κ3) is 5.38. The van der Waals surface area contributed by atoms with E-state index in [4.69, 9.17) is 9.47 Å². The number of para-hydroxylation sites is 2. The number of methoxy groups -OCH3 is 1. The Hall–Kier alpha value is -2.71. The topological polar surface area (TPSA) is 88.6 Å². The average Bonchev–Trinajstić information content (AvgIpc) is 2.73. The van der Waals surface area contributed by atoms with Crippen molar-refractivity contribution in [3.63, 3.8) is 0 Å². The molecule has 2 heterocycles. The van der Waals surface area contributed by atoms with Crippen molar-refractivity contribution in [3.8, 4) is 0 Å². The Morgan fingerprint density at radius 1 is 1.19 bits per heavy atom. The molecule has 1 amide bonds. The second-order valence-electron chi connectivity index (χ2n) is 6.15. The SMILES string of the molecule is COCCCNC(=O)c1ccc(Nc2ccccc2N2CCOCC2)nn1. The molecule has 1 aromatic carbocycles. The summed E-state index contributed by atoms with van der Waals surface area (Å²) in [5.74, 6) is 0.352. The molecule has 0 unspecified atom stereocenters. The molecule has 0 atom stereocenters. The van der Waals surface area contributed by atoms with E-state index in [2.05, 4.69) is 31.8 Å². The molecule has 1 aliphatic heterocycles. The van der Waals surface area contributed by atoms with Gasteiger partial charge in [0, 0.05) is 33.4 Å². The van der Waals surface area contributed by atoms with Crippen LogP contribution in [0.3, 0.4) is 0 Å². The molecule has 0 saturated carbocycles. The molecule has 0 bridgehead atoms. The Balaban J connectivity index is 1.62. The summed E-state index contributed by atoms with van der Waals surface area (Å²) in [5.41, 5.74) is 2.34. The number of anilines is 3. The highest BCUT2D eigenvalue weighted by Gasteiger charge is 2.15. The van der Waals surface area contributed by atoms with E-state index in [0.29, 0.717) is 24.7 Å². The van der Waals surface area contributed by atoms with Crippen molar-refractivity contribution in [2.24, 2.45) is 0 Å². The van der Waals surface area contributed by atoms with E-state index in [1.54, 1.807) is 19.2 Å². The summed E-state index contributed by atoms with van der Waals surface area (Å²) in [4.78, 5) is 14.3. The van der Waals surface area contributed by atoms with Gasteiger partial charge in [0.1, 0.15) is 0 Å². The number of ether oxygens (including phenoxy) is 2. The predicted octanol–water partition coefficient (Wildman–Crippen LogP) is 1.82. The van der Waals surface area contributed by atoms with Crippen LogP contribution in [-0.2, 0) is 9.47 Å². The molecule has 2 N–H and O–H groups in total. The van der Waals surface area contributed by atoms with Crippen LogP contribution in [-0.4, -0.2) is 62.7 Å². The van der Waals surface area contributed by atoms with Gasteiger partial charge in [-0.2, -0.15) is 0 Å². The normalized spacial score (nSPS) is 14.0. The average molecular weight is 371 g/mol. The molecular weight excluding hydrogens is 346 g/mol. The number of hydrogen-bond acceptors (Lipinski definition) is 7. The van der Waals surface area contributed by atoms with Crippen molar-refractivity contribution in [3.05, 3.63) is 42.1 Å². The first kappa shape index (κ1) is 19.1.